The van der Waals surface area contributed by atoms with E-state index in [2.05, 4.69) is 11.8 Å². The fraction of sp³-hybridized carbons (Fsp3) is 0.562. The Morgan fingerprint density at radius 3 is 2.86 bits per heavy atom. The Labute approximate surface area is 125 Å². The number of fused-ring (bicyclic) bond motifs is 1. The molecule has 0 saturated carbocycles. The highest BCUT2D eigenvalue weighted by Crippen LogP contribution is 2.36. The monoisotopic (exact) mass is 289 g/mol. The molecule has 2 aliphatic heterocycles. The Morgan fingerprint density at radius 1 is 1.33 bits per heavy atom. The minimum Gasteiger partial charge on any atom is -0.489 e. The molecule has 2 heterocycles. The second kappa shape index (κ2) is 5.84. The van der Waals surface area contributed by atoms with Crippen LogP contribution in [0.25, 0.3) is 0 Å². The van der Waals surface area contributed by atoms with Crippen LogP contribution in [0.5, 0.6) is 5.75 Å². The molecule has 1 saturated heterocycles. The fourth-order valence-corrected chi connectivity index (χ4v) is 3.05. The van der Waals surface area contributed by atoms with Crippen molar-refractivity contribution in [2.75, 3.05) is 43.4 Å². The summed E-state index contributed by atoms with van der Waals surface area (Å²) in [7, 11) is 0. The van der Waals surface area contributed by atoms with Crippen molar-refractivity contribution in [3.63, 3.8) is 0 Å². The van der Waals surface area contributed by atoms with Crippen molar-refractivity contribution in [2.45, 2.75) is 19.8 Å². The van der Waals surface area contributed by atoms with E-state index in [4.69, 9.17) is 10.5 Å². The average molecular weight is 289 g/mol. The van der Waals surface area contributed by atoms with Crippen LogP contribution in [0, 0.1) is 5.92 Å². The van der Waals surface area contributed by atoms with Crippen molar-refractivity contribution in [1.82, 2.24) is 4.90 Å². The number of carbonyl (C=O) groups excluding carboxylic acids is 1. The number of para-hydroxylation sites is 1. The van der Waals surface area contributed by atoms with Crippen molar-refractivity contribution >= 4 is 17.3 Å². The highest BCUT2D eigenvalue weighted by molar-refractivity contribution is 5.85. The molecule has 0 atom stereocenters. The zero-order valence-corrected chi connectivity index (χ0v) is 12.5. The number of nitrogens with two attached hydrogens (primary N) is 1. The molecule has 0 aliphatic carbocycles. The molecule has 114 valence electrons. The van der Waals surface area contributed by atoms with E-state index in [0.717, 1.165) is 43.3 Å². The number of hydrogen-bond acceptors (Lipinski definition) is 4. The van der Waals surface area contributed by atoms with Gasteiger partial charge in [-0.25, -0.2) is 0 Å². The second-order valence-corrected chi connectivity index (χ2v) is 6.03. The number of nitrogen functional groups attached to an aromatic ring is 1. The van der Waals surface area contributed by atoms with E-state index in [1.807, 2.05) is 23.1 Å². The van der Waals surface area contributed by atoms with Gasteiger partial charge < -0.3 is 20.3 Å². The van der Waals surface area contributed by atoms with Gasteiger partial charge in [-0.1, -0.05) is 13.0 Å². The topological polar surface area (TPSA) is 58.8 Å². The Balaban J connectivity index is 1.70. The third-order valence-electron chi connectivity index (χ3n) is 4.43. The number of rotatable bonds is 2. The Morgan fingerprint density at radius 2 is 2.10 bits per heavy atom. The summed E-state index contributed by atoms with van der Waals surface area (Å²) in [6.07, 6.45) is 2.21. The lowest BCUT2D eigenvalue weighted by atomic mass is 9.99. The van der Waals surface area contributed by atoms with Crippen molar-refractivity contribution in [3.05, 3.63) is 18.2 Å². The molecule has 1 aromatic rings. The van der Waals surface area contributed by atoms with Crippen LogP contribution in [-0.4, -0.2) is 43.6 Å². The van der Waals surface area contributed by atoms with E-state index < -0.39 is 0 Å². The van der Waals surface area contributed by atoms with E-state index in [0.29, 0.717) is 25.4 Å². The van der Waals surface area contributed by atoms with Crippen LogP contribution in [0.15, 0.2) is 18.2 Å². The maximum absolute atomic E-state index is 12.5. The number of benzene rings is 1. The highest BCUT2D eigenvalue weighted by Gasteiger charge is 2.26. The molecule has 5 nitrogen and oxygen atoms in total. The van der Waals surface area contributed by atoms with Gasteiger partial charge in [0, 0.05) is 13.1 Å². The Kier molecular flexibility index (Phi) is 3.90. The van der Waals surface area contributed by atoms with Gasteiger partial charge in [0.05, 0.1) is 18.8 Å². The first-order valence-electron chi connectivity index (χ1n) is 7.69. The lowest BCUT2D eigenvalue weighted by Gasteiger charge is -2.35. The summed E-state index contributed by atoms with van der Waals surface area (Å²) >= 11 is 0. The first-order valence-corrected chi connectivity index (χ1v) is 7.69. The van der Waals surface area contributed by atoms with Crippen LogP contribution in [0.1, 0.15) is 19.8 Å². The molecule has 0 radical (unpaired) electrons. The summed E-state index contributed by atoms with van der Waals surface area (Å²) in [5.74, 6) is 1.70. The van der Waals surface area contributed by atoms with E-state index in [1.165, 1.54) is 0 Å². The van der Waals surface area contributed by atoms with E-state index in [9.17, 15) is 4.79 Å². The maximum Gasteiger partial charge on any atom is 0.242 e. The smallest absolute Gasteiger partial charge is 0.242 e. The first kappa shape index (κ1) is 14.0. The minimum atomic E-state index is 0.193. The molecule has 21 heavy (non-hydrogen) atoms. The quantitative estimate of drug-likeness (QED) is 0.842. The van der Waals surface area contributed by atoms with Crippen LogP contribution in [-0.2, 0) is 4.79 Å². The number of amides is 1. The van der Waals surface area contributed by atoms with Crippen molar-refractivity contribution in [2.24, 2.45) is 5.92 Å². The number of nitrogens with zero attached hydrogens (tertiary/aromatic N) is 2. The summed E-state index contributed by atoms with van der Waals surface area (Å²) in [5.41, 5.74) is 7.59. The normalized spacial score (nSPS) is 19.1. The van der Waals surface area contributed by atoms with Gasteiger partial charge in [-0.05, 0) is 30.9 Å². The fourth-order valence-electron chi connectivity index (χ4n) is 3.05. The van der Waals surface area contributed by atoms with Gasteiger partial charge in [-0.2, -0.15) is 0 Å². The molecule has 1 fully saturated rings. The second-order valence-electron chi connectivity index (χ2n) is 6.03. The van der Waals surface area contributed by atoms with Crippen LogP contribution >= 0.6 is 0 Å². The zero-order valence-electron chi connectivity index (χ0n) is 12.5. The third-order valence-corrected chi connectivity index (χ3v) is 4.43. The number of carbonyl (C=O) groups is 1. The molecule has 0 aromatic heterocycles. The molecule has 2 N–H and O–H groups in total. The number of likely N-dealkylation sites (tertiary alicyclic amines) is 1. The molecular weight excluding hydrogens is 266 g/mol. The van der Waals surface area contributed by atoms with Crippen molar-refractivity contribution in [3.8, 4) is 5.75 Å². The molecule has 3 rings (SSSR count). The van der Waals surface area contributed by atoms with Crippen LogP contribution in [0.4, 0.5) is 11.4 Å². The predicted octanol–water partition coefficient (Wildman–Crippen LogP) is 1.73. The Bertz CT molecular complexity index is 524. The van der Waals surface area contributed by atoms with Gasteiger partial charge in [-0.3, -0.25) is 4.79 Å². The van der Waals surface area contributed by atoms with Crippen LogP contribution in [0.3, 0.4) is 0 Å². The standard InChI is InChI=1S/C16H23N3O2/c1-12-5-7-18(8-6-12)15(20)11-19-9-10-21-14-4-2-3-13(17)16(14)19/h2-4,12H,5-11,17H2,1H3. The number of hydrogen-bond donors (Lipinski definition) is 1. The van der Waals surface area contributed by atoms with Crippen LogP contribution < -0.4 is 15.4 Å². The van der Waals surface area contributed by atoms with Gasteiger partial charge in [0.2, 0.25) is 5.91 Å². The van der Waals surface area contributed by atoms with Crippen molar-refractivity contribution < 1.29 is 9.53 Å². The highest BCUT2D eigenvalue weighted by atomic mass is 16.5. The molecule has 2 aliphatic rings. The van der Waals surface area contributed by atoms with Gasteiger partial charge in [0.1, 0.15) is 18.0 Å². The largest absolute Gasteiger partial charge is 0.489 e. The molecule has 0 bridgehead atoms. The molecule has 5 heteroatoms. The molecule has 0 unspecified atom stereocenters. The van der Waals surface area contributed by atoms with Gasteiger partial charge in [-0.15, -0.1) is 0 Å². The van der Waals surface area contributed by atoms with E-state index >= 15 is 0 Å². The lowest BCUT2D eigenvalue weighted by molar-refractivity contribution is -0.131. The maximum atomic E-state index is 12.5. The molecule has 1 amide bonds. The average Bonchev–Trinajstić information content (AvgIpc) is 2.48. The third kappa shape index (κ3) is 2.91. The lowest BCUT2D eigenvalue weighted by Crippen LogP contribution is -2.46. The number of piperidine rings is 1. The van der Waals surface area contributed by atoms with E-state index in [-0.39, 0.29) is 5.91 Å². The molecule has 1 aromatic carbocycles. The number of ether oxygens (including phenoxy) is 1. The summed E-state index contributed by atoms with van der Waals surface area (Å²) in [4.78, 5) is 16.5. The zero-order chi connectivity index (χ0) is 14.8. The van der Waals surface area contributed by atoms with Crippen molar-refractivity contribution in [1.29, 1.82) is 0 Å². The predicted molar refractivity (Wildman–Crippen MR) is 83.5 cm³/mol. The van der Waals surface area contributed by atoms with Crippen LogP contribution in [0.2, 0.25) is 0 Å². The van der Waals surface area contributed by atoms with Gasteiger partial charge in [0.25, 0.3) is 0 Å². The molecular formula is C16H23N3O2. The minimum absolute atomic E-state index is 0.193. The van der Waals surface area contributed by atoms with Gasteiger partial charge in [0.15, 0.2) is 0 Å². The summed E-state index contributed by atoms with van der Waals surface area (Å²) in [6.45, 7) is 5.70. The first-order chi connectivity index (χ1) is 10.1. The Hall–Kier alpha value is -1.91. The summed E-state index contributed by atoms with van der Waals surface area (Å²) in [6, 6.07) is 5.64. The van der Waals surface area contributed by atoms with Gasteiger partial charge >= 0.3 is 0 Å². The SMILES string of the molecule is CC1CCN(C(=O)CN2CCOc3cccc(N)c32)CC1. The van der Waals surface area contributed by atoms with E-state index in [1.54, 1.807) is 0 Å². The summed E-state index contributed by atoms with van der Waals surface area (Å²) < 4.78 is 5.63. The molecule has 0 spiro atoms. The number of anilines is 2. The summed E-state index contributed by atoms with van der Waals surface area (Å²) in [5, 5.41) is 0.